The molecule has 78 heavy (non-hydrogen) atoms. The van der Waals surface area contributed by atoms with Gasteiger partial charge in [-0.15, -0.1) is 0 Å². The number of aliphatic hydroxyl groups is 5. The van der Waals surface area contributed by atoms with Crippen LogP contribution >= 0.6 is 0 Å². The zero-order chi connectivity index (χ0) is 57.3. The SMILES string of the molecule is CC[C@H]1OC(=O)[C@H](C)[C@@H](O[C@H]2C[C@@](C)(OC)[C@@H](O[C@@H]3O[C@H](CO)[C@@H](O)[C@H](O)[C@H]3O)[C@H](C)O2)[C@H](C)[C@@H](O[C@@H]2O[C@H](C)C[C@H](N(C)C)[C@H]2O)[C@](C)(OC)C[C@@H](C)C(=O)[C@H](C)[C@H]2N(CCCCn3cnc4ncccc43)C(=O)O[C@]12C. The summed E-state index contributed by atoms with van der Waals surface area (Å²) in [7, 11) is 6.73. The van der Waals surface area contributed by atoms with Crippen molar-refractivity contribution in [2.75, 3.05) is 41.5 Å². The number of rotatable bonds is 16. The van der Waals surface area contributed by atoms with E-state index in [2.05, 4.69) is 9.97 Å². The first kappa shape index (κ1) is 62.1. The van der Waals surface area contributed by atoms with Crippen LogP contribution < -0.4 is 0 Å². The van der Waals surface area contributed by atoms with Gasteiger partial charge in [-0.3, -0.25) is 9.59 Å². The summed E-state index contributed by atoms with van der Waals surface area (Å²) in [6, 6.07) is 2.59. The molecule has 0 aromatic carbocycles. The highest BCUT2D eigenvalue weighted by Crippen LogP contribution is 2.45. The first-order chi connectivity index (χ1) is 36.8. The second-order valence-electron chi connectivity index (χ2n) is 23.5. The van der Waals surface area contributed by atoms with Gasteiger partial charge in [0, 0.05) is 63.7 Å². The van der Waals surface area contributed by atoms with Crippen LogP contribution in [0.4, 0.5) is 4.79 Å². The van der Waals surface area contributed by atoms with Crippen LogP contribution in [-0.4, -0.2) is 224 Å². The molecule has 5 aliphatic heterocycles. The summed E-state index contributed by atoms with van der Waals surface area (Å²) < 4.78 is 66.7. The Hall–Kier alpha value is -3.53. The van der Waals surface area contributed by atoms with Crippen LogP contribution in [0.2, 0.25) is 0 Å². The van der Waals surface area contributed by atoms with Gasteiger partial charge in [0.2, 0.25) is 0 Å². The fourth-order valence-electron chi connectivity index (χ4n) is 13.1. The zero-order valence-corrected chi connectivity index (χ0v) is 48.0. The Morgan fingerprint density at radius 3 is 2.10 bits per heavy atom. The number of amides is 1. The molecular formula is C55H89N5O18. The van der Waals surface area contributed by atoms with Crippen molar-refractivity contribution in [2.45, 2.75) is 229 Å². The summed E-state index contributed by atoms with van der Waals surface area (Å²) in [4.78, 5) is 57.0. The highest BCUT2D eigenvalue weighted by molar-refractivity contribution is 5.85. The van der Waals surface area contributed by atoms with Gasteiger partial charge in [-0.05, 0) is 99.9 Å². The lowest BCUT2D eigenvalue weighted by atomic mass is 9.73. The molecule has 1 amide bonds. The Morgan fingerprint density at radius 1 is 0.795 bits per heavy atom. The molecule has 0 aliphatic carbocycles. The van der Waals surface area contributed by atoms with Crippen molar-refractivity contribution in [2.24, 2.45) is 23.7 Å². The minimum Gasteiger partial charge on any atom is -0.458 e. The first-order valence-corrected chi connectivity index (χ1v) is 27.8. The molecule has 23 nitrogen and oxygen atoms in total. The number of nitrogens with zero attached hydrogens (tertiary/aromatic N) is 5. The number of hydrogen-bond acceptors (Lipinski definition) is 21. The number of aryl methyl sites for hydroxylation is 1. The highest BCUT2D eigenvalue weighted by Gasteiger charge is 2.61. The van der Waals surface area contributed by atoms with Gasteiger partial charge in [-0.1, -0.05) is 27.7 Å². The van der Waals surface area contributed by atoms with Crippen LogP contribution in [0.25, 0.3) is 11.2 Å². The van der Waals surface area contributed by atoms with Crippen LogP contribution in [0.15, 0.2) is 24.7 Å². The number of ether oxygens (including phenoxy) is 10. The monoisotopic (exact) mass is 1110 g/mol. The number of carbonyl (C=O) groups is 3. The van der Waals surface area contributed by atoms with E-state index in [0.717, 1.165) is 5.52 Å². The third-order valence-corrected chi connectivity index (χ3v) is 17.7. The minimum absolute atomic E-state index is 0.0247. The molecular weight excluding hydrogens is 1020 g/mol. The van der Waals surface area contributed by atoms with E-state index in [0.29, 0.717) is 31.5 Å². The number of methoxy groups -OCH3 is 2. The summed E-state index contributed by atoms with van der Waals surface area (Å²) >= 11 is 0. The van der Waals surface area contributed by atoms with E-state index in [9.17, 15) is 30.3 Å². The number of pyridine rings is 1. The molecule has 0 spiro atoms. The Labute approximate surface area is 458 Å². The molecule has 0 bridgehead atoms. The molecule has 23 heteroatoms. The largest absolute Gasteiger partial charge is 0.458 e. The summed E-state index contributed by atoms with van der Waals surface area (Å²) in [6.07, 6.45) is -11.8. The normalized spacial score (nSPS) is 43.3. The van der Waals surface area contributed by atoms with Crippen LogP contribution in [0, 0.1) is 23.7 Å². The molecule has 7 heterocycles. The average molecular weight is 1110 g/mol. The number of likely N-dealkylation sites (N-methyl/N-ethyl adjacent to an activating group) is 1. The Bertz CT molecular complexity index is 2330. The second kappa shape index (κ2) is 25.3. The van der Waals surface area contributed by atoms with Gasteiger partial charge in [0.25, 0.3) is 0 Å². The maximum atomic E-state index is 15.2. The summed E-state index contributed by atoms with van der Waals surface area (Å²) in [5.41, 5.74) is -2.57. The third-order valence-electron chi connectivity index (χ3n) is 17.7. The minimum atomic E-state index is -1.70. The number of aromatic nitrogens is 3. The van der Waals surface area contributed by atoms with Crippen molar-refractivity contribution in [1.82, 2.24) is 24.3 Å². The standard InChI is InChI=1S/C55H89N5O18/c1-15-37-55(10)45(60(52(68)78-55)22-17-16-21-59-27-57-48-34(59)19-18-20-56-48)30(4)39(62)28(2)24-53(8,69-13)46(76-50-40(63)35(58(11)12)23-29(3)71-50)31(5)44(32(6)49(67)74-37)75-38-25-54(9,70-14)47(33(7)72-38)77-51-43(66)42(65)41(64)36(26-61)73-51/h18-20,27-33,35-38,40-47,50-51,61,63-66H,15-17,21-26H2,1-14H3/t28-,29-,30+,31+,32-,33+,35+,36-,37-,38+,40-,41-,42+,43-,44+,45-,46-,47+,50+,51+,53-,54-,55-/m1/s1. The molecule has 442 valence electrons. The predicted octanol–water partition coefficient (Wildman–Crippen LogP) is 2.96. The van der Waals surface area contributed by atoms with E-state index in [-0.39, 0.29) is 43.7 Å². The molecule has 5 N–H and O–H groups in total. The lowest BCUT2D eigenvalue weighted by Crippen LogP contribution is -2.64. The molecule has 2 aromatic rings. The fourth-order valence-corrected chi connectivity index (χ4v) is 13.1. The van der Waals surface area contributed by atoms with Crippen molar-refractivity contribution in [1.29, 1.82) is 0 Å². The number of imidazole rings is 1. The van der Waals surface area contributed by atoms with Gasteiger partial charge in [-0.25, -0.2) is 14.8 Å². The zero-order valence-electron chi connectivity index (χ0n) is 48.0. The fraction of sp³-hybridized carbons (Fsp3) is 0.836. The maximum Gasteiger partial charge on any atom is 0.410 e. The Morgan fingerprint density at radius 2 is 1.45 bits per heavy atom. The van der Waals surface area contributed by atoms with E-state index in [1.165, 1.54) is 14.2 Å². The number of ketones is 1. The van der Waals surface area contributed by atoms with Crippen LogP contribution in [0.5, 0.6) is 0 Å². The van der Waals surface area contributed by atoms with Gasteiger partial charge in [0.05, 0.1) is 66.0 Å². The third kappa shape index (κ3) is 12.4. The number of carbonyl (C=O) groups excluding carboxylic acids is 3. The molecule has 5 fully saturated rings. The number of fused-ring (bicyclic) bond motifs is 2. The van der Waals surface area contributed by atoms with Crippen LogP contribution in [0.1, 0.15) is 108 Å². The number of unbranched alkanes of at least 4 members (excludes halogenated alkanes) is 1. The van der Waals surface area contributed by atoms with Crippen molar-refractivity contribution in [3.05, 3.63) is 24.7 Å². The van der Waals surface area contributed by atoms with E-state index in [1.807, 2.05) is 70.3 Å². The predicted molar refractivity (Wildman–Crippen MR) is 279 cm³/mol. The Balaban J connectivity index is 1.24. The van der Waals surface area contributed by atoms with Gasteiger partial charge in [-0.2, -0.15) is 0 Å². The van der Waals surface area contributed by atoms with Crippen LogP contribution in [0.3, 0.4) is 0 Å². The van der Waals surface area contributed by atoms with Crippen molar-refractivity contribution in [3.63, 3.8) is 0 Å². The molecule has 0 saturated carbocycles. The summed E-state index contributed by atoms with van der Waals surface area (Å²) in [6.45, 7) is 18.1. The average Bonchev–Trinajstić information content (AvgIpc) is 4.17. The number of esters is 1. The molecule has 23 atom stereocenters. The lowest BCUT2D eigenvalue weighted by Gasteiger charge is -2.51. The number of Topliss-reactive ketones (excluding diaryl/α,β-unsaturated/α-hetero) is 1. The molecule has 0 radical (unpaired) electrons. The van der Waals surface area contributed by atoms with Gasteiger partial charge in [0.15, 0.2) is 30.1 Å². The molecule has 5 aliphatic rings. The van der Waals surface area contributed by atoms with E-state index < -0.39 is 145 Å². The van der Waals surface area contributed by atoms with E-state index in [4.69, 9.17) is 47.4 Å². The number of cyclic esters (lactones) is 1. The van der Waals surface area contributed by atoms with E-state index in [1.54, 1.807) is 52.0 Å². The lowest BCUT2D eigenvalue weighted by molar-refractivity contribution is -0.361. The van der Waals surface area contributed by atoms with Gasteiger partial charge in [0.1, 0.15) is 48.5 Å². The number of hydrogen-bond donors (Lipinski definition) is 5. The highest BCUT2D eigenvalue weighted by atomic mass is 16.7. The van der Waals surface area contributed by atoms with Gasteiger partial charge < -0.3 is 87.3 Å². The van der Waals surface area contributed by atoms with Crippen molar-refractivity contribution in [3.8, 4) is 0 Å². The quantitative estimate of drug-likeness (QED) is 0.119. The Kier molecular flexibility index (Phi) is 20.1. The van der Waals surface area contributed by atoms with Crippen molar-refractivity contribution >= 4 is 29.0 Å². The number of aliphatic hydroxyl groups excluding tert-OH is 5. The van der Waals surface area contributed by atoms with Crippen LogP contribution in [-0.2, 0) is 63.5 Å². The van der Waals surface area contributed by atoms with E-state index >= 15 is 9.59 Å². The van der Waals surface area contributed by atoms with Crippen molar-refractivity contribution < 1.29 is 87.3 Å². The topological polar surface area (TPSA) is 282 Å². The smallest absolute Gasteiger partial charge is 0.410 e. The van der Waals surface area contributed by atoms with Gasteiger partial charge >= 0.3 is 12.1 Å². The molecule has 2 aromatic heterocycles. The molecule has 7 rings (SSSR count). The molecule has 5 saturated heterocycles. The maximum absolute atomic E-state index is 15.2. The second-order valence-corrected chi connectivity index (χ2v) is 23.5. The first-order valence-electron chi connectivity index (χ1n) is 27.8. The molecule has 0 unspecified atom stereocenters. The summed E-state index contributed by atoms with van der Waals surface area (Å²) in [5, 5.41) is 53.9. The summed E-state index contributed by atoms with van der Waals surface area (Å²) in [5.74, 6) is -4.35.